The van der Waals surface area contributed by atoms with Crippen molar-refractivity contribution in [3.8, 4) is 0 Å². The number of hydrogen-bond acceptors (Lipinski definition) is 2. The highest BCUT2D eigenvalue weighted by Gasteiger charge is 2.19. The van der Waals surface area contributed by atoms with Crippen LogP contribution in [-0.2, 0) is 16.4 Å². The molecular weight excluding hydrogens is 294 g/mol. The van der Waals surface area contributed by atoms with Gasteiger partial charge >= 0.3 is 0 Å². The summed E-state index contributed by atoms with van der Waals surface area (Å²) in [4.78, 5) is 0.350. The maximum atomic E-state index is 12.8. The van der Waals surface area contributed by atoms with E-state index in [0.29, 0.717) is 4.90 Å². The predicted octanol–water partition coefficient (Wildman–Crippen LogP) is 4.46. The number of aryl methyl sites for hydroxylation is 3. The average Bonchev–Trinajstić information content (AvgIpc) is 2.86. The fourth-order valence-electron chi connectivity index (χ4n) is 2.59. The molecule has 4 heteroatoms. The van der Waals surface area contributed by atoms with Gasteiger partial charge in [-0.15, -0.1) is 0 Å². The third-order valence-corrected chi connectivity index (χ3v) is 5.59. The van der Waals surface area contributed by atoms with E-state index in [4.69, 9.17) is 0 Å². The molecule has 22 heavy (non-hydrogen) atoms. The standard InChI is InChI=1S/C18H25NO2S/c1-4-5-6-7-8-17-13-16(3)14-19(17)22(20,21)18-11-9-15(2)10-12-18/h9-14H,4-8H2,1-3H3. The van der Waals surface area contributed by atoms with Crippen LogP contribution in [0.3, 0.4) is 0 Å². The summed E-state index contributed by atoms with van der Waals surface area (Å²) in [6.07, 6.45) is 7.08. The summed E-state index contributed by atoms with van der Waals surface area (Å²) in [5.74, 6) is 0. The molecule has 0 saturated heterocycles. The van der Waals surface area contributed by atoms with E-state index in [9.17, 15) is 8.42 Å². The summed E-state index contributed by atoms with van der Waals surface area (Å²) in [7, 11) is -3.49. The largest absolute Gasteiger partial charge is 0.267 e. The number of unbranched alkanes of at least 4 members (excludes halogenated alkanes) is 3. The molecule has 0 bridgehead atoms. The van der Waals surface area contributed by atoms with Crippen molar-refractivity contribution >= 4 is 10.0 Å². The molecule has 0 N–H and O–H groups in total. The van der Waals surface area contributed by atoms with Gasteiger partial charge in [0.05, 0.1) is 4.90 Å². The SMILES string of the molecule is CCCCCCc1cc(C)cn1S(=O)(=O)c1ccc(C)cc1. The van der Waals surface area contributed by atoms with Crippen LogP contribution in [0.4, 0.5) is 0 Å². The van der Waals surface area contributed by atoms with Crippen LogP contribution in [-0.4, -0.2) is 12.4 Å². The van der Waals surface area contributed by atoms with Gasteiger partial charge in [0.2, 0.25) is 0 Å². The van der Waals surface area contributed by atoms with Crippen LogP contribution in [0.2, 0.25) is 0 Å². The van der Waals surface area contributed by atoms with E-state index >= 15 is 0 Å². The van der Waals surface area contributed by atoms with Gasteiger partial charge in [0.15, 0.2) is 0 Å². The molecule has 1 aromatic carbocycles. The zero-order chi connectivity index (χ0) is 16.2. The lowest BCUT2D eigenvalue weighted by atomic mass is 10.1. The van der Waals surface area contributed by atoms with Crippen molar-refractivity contribution in [1.82, 2.24) is 3.97 Å². The fourth-order valence-corrected chi connectivity index (χ4v) is 4.06. The third-order valence-electron chi connectivity index (χ3n) is 3.86. The van der Waals surface area contributed by atoms with Gasteiger partial charge in [-0.1, -0.05) is 43.9 Å². The molecule has 3 nitrogen and oxygen atoms in total. The van der Waals surface area contributed by atoms with E-state index in [-0.39, 0.29) is 0 Å². The molecular formula is C18H25NO2S. The maximum Gasteiger partial charge on any atom is 0.267 e. The molecule has 1 heterocycles. The molecule has 0 atom stereocenters. The lowest BCUT2D eigenvalue weighted by Crippen LogP contribution is -2.15. The van der Waals surface area contributed by atoms with Crippen molar-refractivity contribution in [3.63, 3.8) is 0 Å². The van der Waals surface area contributed by atoms with Crippen LogP contribution in [0.5, 0.6) is 0 Å². The van der Waals surface area contributed by atoms with Crippen LogP contribution in [0, 0.1) is 13.8 Å². The molecule has 0 radical (unpaired) electrons. The van der Waals surface area contributed by atoms with Gasteiger partial charge in [0.25, 0.3) is 10.0 Å². The molecule has 0 fully saturated rings. The minimum absolute atomic E-state index is 0.350. The topological polar surface area (TPSA) is 39.1 Å². The first-order chi connectivity index (χ1) is 10.4. The second kappa shape index (κ2) is 7.14. The van der Waals surface area contributed by atoms with Gasteiger partial charge in [0.1, 0.15) is 0 Å². The molecule has 2 rings (SSSR count). The number of hydrogen-bond donors (Lipinski definition) is 0. The fraction of sp³-hybridized carbons (Fsp3) is 0.444. The second-order valence-electron chi connectivity index (χ2n) is 5.93. The lowest BCUT2D eigenvalue weighted by Gasteiger charge is -2.11. The highest BCUT2D eigenvalue weighted by atomic mass is 32.2. The van der Waals surface area contributed by atoms with E-state index in [1.54, 1.807) is 18.3 Å². The van der Waals surface area contributed by atoms with Crippen LogP contribution < -0.4 is 0 Å². The monoisotopic (exact) mass is 319 g/mol. The zero-order valence-electron chi connectivity index (χ0n) is 13.7. The average molecular weight is 319 g/mol. The van der Waals surface area contributed by atoms with Gasteiger partial charge in [-0.25, -0.2) is 12.4 Å². The Balaban J connectivity index is 2.28. The van der Waals surface area contributed by atoms with E-state index in [1.165, 1.54) is 16.8 Å². The van der Waals surface area contributed by atoms with Gasteiger partial charge in [0, 0.05) is 11.9 Å². The van der Waals surface area contributed by atoms with Crippen LogP contribution in [0.25, 0.3) is 0 Å². The summed E-state index contributed by atoms with van der Waals surface area (Å²) in [5, 5.41) is 0. The molecule has 0 aliphatic carbocycles. The Kier molecular flexibility index (Phi) is 5.46. The summed E-state index contributed by atoms with van der Waals surface area (Å²) in [6.45, 7) is 6.07. The van der Waals surface area contributed by atoms with E-state index in [1.807, 2.05) is 32.0 Å². The van der Waals surface area contributed by atoms with Crippen molar-refractivity contribution in [2.24, 2.45) is 0 Å². The van der Waals surface area contributed by atoms with E-state index in [0.717, 1.165) is 36.1 Å². The molecule has 0 spiro atoms. The first-order valence-corrected chi connectivity index (χ1v) is 9.39. The van der Waals surface area contributed by atoms with Crippen molar-refractivity contribution in [2.75, 3.05) is 0 Å². The molecule has 0 aliphatic heterocycles. The van der Waals surface area contributed by atoms with Gasteiger partial charge in [-0.3, -0.25) is 0 Å². The van der Waals surface area contributed by atoms with Crippen molar-refractivity contribution in [1.29, 1.82) is 0 Å². The van der Waals surface area contributed by atoms with E-state index < -0.39 is 10.0 Å². The quantitative estimate of drug-likeness (QED) is 0.707. The molecule has 0 saturated carbocycles. The number of nitrogens with zero attached hydrogens (tertiary/aromatic N) is 1. The molecule has 0 amide bonds. The second-order valence-corrected chi connectivity index (χ2v) is 7.75. The van der Waals surface area contributed by atoms with Crippen molar-refractivity contribution in [3.05, 3.63) is 53.3 Å². The van der Waals surface area contributed by atoms with Crippen molar-refractivity contribution < 1.29 is 8.42 Å². The molecule has 0 aliphatic rings. The summed E-state index contributed by atoms with van der Waals surface area (Å²) >= 11 is 0. The van der Waals surface area contributed by atoms with Crippen molar-refractivity contribution in [2.45, 2.75) is 57.8 Å². The Morgan fingerprint density at radius 2 is 1.64 bits per heavy atom. The Morgan fingerprint density at radius 3 is 2.27 bits per heavy atom. The Hall–Kier alpha value is -1.55. The number of aromatic nitrogens is 1. The number of benzene rings is 1. The first kappa shape index (κ1) is 16.8. The smallest absolute Gasteiger partial charge is 0.246 e. The highest BCUT2D eigenvalue weighted by molar-refractivity contribution is 7.90. The molecule has 1 aromatic heterocycles. The summed E-state index contributed by atoms with van der Waals surface area (Å²) < 4.78 is 27.1. The minimum atomic E-state index is -3.49. The lowest BCUT2D eigenvalue weighted by molar-refractivity contribution is 0.582. The predicted molar refractivity (Wildman–Crippen MR) is 90.8 cm³/mol. The summed E-state index contributed by atoms with van der Waals surface area (Å²) in [6, 6.07) is 9.02. The molecule has 2 aromatic rings. The van der Waals surface area contributed by atoms with Gasteiger partial charge in [-0.2, -0.15) is 0 Å². The first-order valence-electron chi connectivity index (χ1n) is 7.95. The Morgan fingerprint density at radius 1 is 0.955 bits per heavy atom. The van der Waals surface area contributed by atoms with Gasteiger partial charge in [-0.05, 0) is 50.5 Å². The van der Waals surface area contributed by atoms with Crippen LogP contribution in [0.15, 0.2) is 41.4 Å². The highest BCUT2D eigenvalue weighted by Crippen LogP contribution is 2.20. The Bertz CT molecular complexity index is 712. The maximum absolute atomic E-state index is 12.8. The minimum Gasteiger partial charge on any atom is -0.246 e. The summed E-state index contributed by atoms with van der Waals surface area (Å²) in [5.41, 5.74) is 2.93. The third kappa shape index (κ3) is 3.80. The number of rotatable bonds is 7. The Labute approximate surface area is 134 Å². The van der Waals surface area contributed by atoms with Crippen LogP contribution in [0.1, 0.15) is 49.4 Å². The zero-order valence-corrected chi connectivity index (χ0v) is 14.5. The normalized spacial score (nSPS) is 11.8. The van der Waals surface area contributed by atoms with Gasteiger partial charge < -0.3 is 0 Å². The molecule has 120 valence electrons. The van der Waals surface area contributed by atoms with Crippen LogP contribution >= 0.6 is 0 Å². The van der Waals surface area contributed by atoms with E-state index in [2.05, 4.69) is 6.92 Å². The molecule has 0 unspecified atom stereocenters.